The Morgan fingerprint density at radius 1 is 1.16 bits per heavy atom. The molecule has 4 rings (SSSR count). The molecule has 4 nitrogen and oxygen atoms in total. The number of nitrogens with one attached hydrogen (secondary N) is 1. The Morgan fingerprint density at radius 3 is 2.64 bits per heavy atom. The number of likely N-dealkylation sites (tertiary alicyclic amines) is 2. The largest absolute Gasteiger partial charge is 0.348 e. The van der Waals surface area contributed by atoms with Gasteiger partial charge < -0.3 is 9.88 Å². The fourth-order valence-electron chi connectivity index (χ4n) is 4.84. The van der Waals surface area contributed by atoms with Crippen molar-refractivity contribution in [3.05, 3.63) is 54.1 Å². The fraction of sp³-hybridized carbons (Fsp3) is 0.571. The predicted octanol–water partition coefficient (Wildman–Crippen LogP) is 3.50. The van der Waals surface area contributed by atoms with Crippen LogP contribution in [0.25, 0.3) is 0 Å². The van der Waals surface area contributed by atoms with Gasteiger partial charge in [-0.15, -0.1) is 0 Å². The van der Waals surface area contributed by atoms with Crippen molar-refractivity contribution >= 4 is 0 Å². The van der Waals surface area contributed by atoms with E-state index in [1.165, 1.54) is 57.5 Å². The Morgan fingerprint density at radius 2 is 1.96 bits per heavy atom. The first kappa shape index (κ1) is 16.8. The maximum Gasteiger partial charge on any atom is 0.120 e. The van der Waals surface area contributed by atoms with Crippen LogP contribution in [-0.2, 0) is 6.54 Å². The summed E-state index contributed by atoms with van der Waals surface area (Å²) >= 11 is 0. The summed E-state index contributed by atoms with van der Waals surface area (Å²) in [6.45, 7) is 9.33. The molecule has 1 spiro atoms. The second kappa shape index (κ2) is 7.30. The molecule has 2 aromatic rings. The minimum atomic E-state index is 0.494. The molecule has 0 radical (unpaired) electrons. The van der Waals surface area contributed by atoms with E-state index in [0.29, 0.717) is 11.3 Å². The quantitative estimate of drug-likeness (QED) is 0.927. The zero-order chi connectivity index (χ0) is 17.1. The van der Waals surface area contributed by atoms with Crippen LogP contribution in [0.4, 0.5) is 0 Å². The van der Waals surface area contributed by atoms with Crippen LogP contribution >= 0.6 is 0 Å². The van der Waals surface area contributed by atoms with Crippen molar-refractivity contribution in [2.75, 3.05) is 32.7 Å². The van der Waals surface area contributed by atoms with E-state index in [4.69, 9.17) is 0 Å². The van der Waals surface area contributed by atoms with Gasteiger partial charge in [-0.25, -0.2) is 4.98 Å². The van der Waals surface area contributed by atoms with E-state index in [0.717, 1.165) is 12.4 Å². The lowest BCUT2D eigenvalue weighted by Crippen LogP contribution is -2.51. The summed E-state index contributed by atoms with van der Waals surface area (Å²) in [5, 5.41) is 0. The average molecular weight is 338 g/mol. The molecule has 0 saturated carbocycles. The third-order valence-electron chi connectivity index (χ3n) is 6.28. The van der Waals surface area contributed by atoms with Gasteiger partial charge in [0.05, 0.1) is 6.54 Å². The van der Waals surface area contributed by atoms with Crippen LogP contribution in [0.2, 0.25) is 0 Å². The molecule has 25 heavy (non-hydrogen) atoms. The fourth-order valence-corrected chi connectivity index (χ4v) is 4.84. The van der Waals surface area contributed by atoms with Crippen LogP contribution in [0.5, 0.6) is 0 Å². The van der Waals surface area contributed by atoms with Gasteiger partial charge in [0, 0.05) is 25.5 Å². The molecule has 0 aliphatic carbocycles. The molecule has 1 atom stereocenters. The molecule has 1 aromatic carbocycles. The van der Waals surface area contributed by atoms with Gasteiger partial charge in [-0.2, -0.15) is 0 Å². The highest BCUT2D eigenvalue weighted by Gasteiger charge is 2.41. The summed E-state index contributed by atoms with van der Waals surface area (Å²) in [6, 6.07) is 11.2. The SMILES string of the molecule is CCN1C[C@H](c2ccccc2)CC2(CCN(Cc3ncc[nH]3)CC2)C1. The van der Waals surface area contributed by atoms with E-state index in [2.05, 4.69) is 57.0 Å². The normalized spacial score (nSPS) is 24.6. The summed E-state index contributed by atoms with van der Waals surface area (Å²) in [7, 11) is 0. The highest BCUT2D eigenvalue weighted by Crippen LogP contribution is 2.45. The Labute approximate surface area is 151 Å². The minimum Gasteiger partial charge on any atom is -0.348 e. The molecule has 2 fully saturated rings. The van der Waals surface area contributed by atoms with Crippen molar-refractivity contribution in [2.45, 2.75) is 38.6 Å². The van der Waals surface area contributed by atoms with Gasteiger partial charge >= 0.3 is 0 Å². The second-order valence-electron chi connectivity index (χ2n) is 7.95. The standard InChI is InChI=1S/C21H30N4/c1-2-24-15-19(18-6-4-3-5-7-18)14-21(17-24)8-12-25(13-9-21)16-20-22-10-11-23-20/h3-7,10-11,19H,2,8-9,12-17H2,1H3,(H,22,23)/t19-/m1/s1. The second-order valence-corrected chi connectivity index (χ2v) is 7.95. The topological polar surface area (TPSA) is 35.2 Å². The number of piperidine rings is 2. The molecule has 0 bridgehead atoms. The molecule has 134 valence electrons. The maximum atomic E-state index is 4.39. The first-order chi connectivity index (χ1) is 12.3. The molecule has 2 aliphatic rings. The monoisotopic (exact) mass is 338 g/mol. The molecule has 2 aliphatic heterocycles. The van der Waals surface area contributed by atoms with E-state index in [9.17, 15) is 0 Å². The van der Waals surface area contributed by atoms with Crippen LogP contribution in [0, 0.1) is 5.41 Å². The molecule has 3 heterocycles. The molecule has 1 aromatic heterocycles. The first-order valence-electron chi connectivity index (χ1n) is 9.74. The van der Waals surface area contributed by atoms with Crippen molar-refractivity contribution in [3.63, 3.8) is 0 Å². The van der Waals surface area contributed by atoms with Gasteiger partial charge in [-0.05, 0) is 55.8 Å². The van der Waals surface area contributed by atoms with Gasteiger partial charge in [-0.3, -0.25) is 4.90 Å². The lowest BCUT2D eigenvalue weighted by molar-refractivity contribution is 0.0132. The van der Waals surface area contributed by atoms with Gasteiger partial charge in [0.1, 0.15) is 5.82 Å². The van der Waals surface area contributed by atoms with Crippen molar-refractivity contribution < 1.29 is 0 Å². The number of benzene rings is 1. The molecule has 0 unspecified atom stereocenters. The molecule has 2 saturated heterocycles. The average Bonchev–Trinajstić information content (AvgIpc) is 3.17. The van der Waals surface area contributed by atoms with Crippen molar-refractivity contribution in [1.82, 2.24) is 19.8 Å². The third kappa shape index (κ3) is 3.80. The van der Waals surface area contributed by atoms with E-state index >= 15 is 0 Å². The highest BCUT2D eigenvalue weighted by molar-refractivity contribution is 5.21. The van der Waals surface area contributed by atoms with Crippen LogP contribution in [0.1, 0.15) is 43.5 Å². The van der Waals surface area contributed by atoms with Crippen LogP contribution in [0.3, 0.4) is 0 Å². The van der Waals surface area contributed by atoms with Gasteiger partial charge in [0.15, 0.2) is 0 Å². The number of hydrogen-bond acceptors (Lipinski definition) is 3. The van der Waals surface area contributed by atoms with Crippen LogP contribution in [-0.4, -0.2) is 52.5 Å². The lowest BCUT2D eigenvalue weighted by Gasteiger charge is -2.50. The summed E-state index contributed by atoms with van der Waals surface area (Å²) in [6.07, 6.45) is 7.75. The summed E-state index contributed by atoms with van der Waals surface area (Å²) in [4.78, 5) is 12.9. The lowest BCUT2D eigenvalue weighted by atomic mass is 9.68. The van der Waals surface area contributed by atoms with Crippen molar-refractivity contribution in [2.24, 2.45) is 5.41 Å². The molecule has 4 heteroatoms. The highest BCUT2D eigenvalue weighted by atomic mass is 15.2. The molecule has 0 amide bonds. The Kier molecular flexibility index (Phi) is 4.91. The van der Waals surface area contributed by atoms with Crippen molar-refractivity contribution in [1.29, 1.82) is 0 Å². The number of H-pyrrole nitrogens is 1. The Bertz CT molecular complexity index is 644. The Hall–Kier alpha value is -1.65. The third-order valence-corrected chi connectivity index (χ3v) is 6.28. The summed E-state index contributed by atoms with van der Waals surface area (Å²) < 4.78 is 0. The molecular weight excluding hydrogens is 308 g/mol. The summed E-state index contributed by atoms with van der Waals surface area (Å²) in [5.41, 5.74) is 2.02. The van der Waals surface area contributed by atoms with Crippen LogP contribution < -0.4 is 0 Å². The number of aromatic amines is 1. The number of imidazole rings is 1. The number of nitrogens with zero attached hydrogens (tertiary/aromatic N) is 3. The number of rotatable bonds is 4. The Balaban J connectivity index is 1.43. The maximum absolute atomic E-state index is 4.39. The van der Waals surface area contributed by atoms with Gasteiger partial charge in [-0.1, -0.05) is 37.3 Å². The number of hydrogen-bond donors (Lipinski definition) is 1. The first-order valence-corrected chi connectivity index (χ1v) is 9.74. The molecule has 1 N–H and O–H groups in total. The smallest absolute Gasteiger partial charge is 0.120 e. The van der Waals surface area contributed by atoms with Crippen molar-refractivity contribution in [3.8, 4) is 0 Å². The van der Waals surface area contributed by atoms with Gasteiger partial charge in [0.25, 0.3) is 0 Å². The minimum absolute atomic E-state index is 0.494. The van der Waals surface area contributed by atoms with E-state index < -0.39 is 0 Å². The zero-order valence-electron chi connectivity index (χ0n) is 15.3. The van der Waals surface area contributed by atoms with E-state index in [-0.39, 0.29) is 0 Å². The zero-order valence-corrected chi connectivity index (χ0v) is 15.3. The predicted molar refractivity (Wildman–Crippen MR) is 101 cm³/mol. The number of aromatic nitrogens is 2. The van der Waals surface area contributed by atoms with E-state index in [1.54, 1.807) is 0 Å². The van der Waals surface area contributed by atoms with Gasteiger partial charge in [0.2, 0.25) is 0 Å². The number of likely N-dealkylation sites (N-methyl/N-ethyl adjacent to an activating group) is 1. The summed E-state index contributed by atoms with van der Waals surface area (Å²) in [5.74, 6) is 1.78. The van der Waals surface area contributed by atoms with Crippen LogP contribution in [0.15, 0.2) is 42.7 Å². The van der Waals surface area contributed by atoms with E-state index in [1.807, 2.05) is 12.4 Å². The molecular formula is C21H30N4.